The smallest absolute Gasteiger partial charge is 0.415 e. The molecule has 43 heavy (non-hydrogen) atoms. The minimum absolute atomic E-state index is 0.227. The van der Waals surface area contributed by atoms with Gasteiger partial charge >= 0.3 is 24.1 Å². The fraction of sp³-hybridized carbons (Fsp3) is 0.267. The van der Waals surface area contributed by atoms with E-state index in [1.807, 2.05) is 0 Å². The first-order chi connectivity index (χ1) is 20.7. The third-order valence-corrected chi connectivity index (χ3v) is 5.41. The zero-order valence-electron chi connectivity index (χ0n) is 23.5. The molecule has 228 valence electrons. The summed E-state index contributed by atoms with van der Waals surface area (Å²) in [5.74, 6) is -0.801. The summed E-state index contributed by atoms with van der Waals surface area (Å²) in [4.78, 5) is 49.9. The van der Waals surface area contributed by atoms with Gasteiger partial charge in [-0.25, -0.2) is 19.7 Å². The molecule has 2 amide bonds. The Morgan fingerprint density at radius 2 is 1.16 bits per heavy atom. The molecule has 4 N–H and O–H groups in total. The minimum atomic E-state index is -1.52. The molecule has 0 saturated heterocycles. The largest absolute Gasteiger partial charge is 0.451 e. The Morgan fingerprint density at radius 1 is 0.674 bits per heavy atom. The molecular formula is C30H33N3O10. The number of aliphatic hydroxyl groups is 1. The third kappa shape index (κ3) is 12.5. The highest BCUT2D eigenvalue weighted by molar-refractivity contribution is 5.83. The molecule has 0 aliphatic rings. The monoisotopic (exact) mass is 595 g/mol. The summed E-state index contributed by atoms with van der Waals surface area (Å²) in [6, 6.07) is 23.6. The number of ether oxygens (including phenoxy) is 5. The summed E-state index contributed by atoms with van der Waals surface area (Å²) in [5.41, 5.74) is 0. The minimum Gasteiger partial charge on any atom is -0.451 e. The van der Waals surface area contributed by atoms with Crippen LogP contribution in [0.1, 0.15) is 26.7 Å². The standard InChI is InChI=1S/C30H33N3O10/c1-20(31-28(36)41-22-12-6-3-7-13-22)39-26(34)19-18-25(33-30(38)43-24-16-10-5-11-17-24)27(35)40-21(2)32-29(37)42-23-14-8-4-9-15-23/h3-17,20-21,25,29,32,37H,18-19H2,1-2H3,(H,31,36)(H,33,38). The van der Waals surface area contributed by atoms with E-state index < -0.39 is 49.0 Å². The van der Waals surface area contributed by atoms with Gasteiger partial charge in [-0.1, -0.05) is 54.6 Å². The Bertz CT molecular complexity index is 1310. The predicted molar refractivity (Wildman–Crippen MR) is 152 cm³/mol. The van der Waals surface area contributed by atoms with Crippen LogP contribution >= 0.6 is 0 Å². The van der Waals surface area contributed by atoms with E-state index in [9.17, 15) is 24.3 Å². The van der Waals surface area contributed by atoms with Crippen molar-refractivity contribution >= 4 is 24.1 Å². The molecule has 0 radical (unpaired) electrons. The van der Waals surface area contributed by atoms with Crippen LogP contribution in [-0.4, -0.2) is 54.1 Å². The van der Waals surface area contributed by atoms with Crippen LogP contribution in [0.5, 0.6) is 17.2 Å². The second-order valence-electron chi connectivity index (χ2n) is 8.95. The van der Waals surface area contributed by atoms with Crippen LogP contribution < -0.4 is 30.2 Å². The average Bonchev–Trinajstić information content (AvgIpc) is 2.96. The summed E-state index contributed by atoms with van der Waals surface area (Å²) in [6.07, 6.45) is -6.01. The molecule has 0 saturated carbocycles. The average molecular weight is 596 g/mol. The number of carbonyl (C=O) groups is 4. The van der Waals surface area contributed by atoms with Gasteiger partial charge in [0.25, 0.3) is 6.41 Å². The molecule has 0 heterocycles. The number of hydrogen-bond acceptors (Lipinski definition) is 11. The highest BCUT2D eigenvalue weighted by atomic mass is 16.6. The number of benzene rings is 3. The number of aliphatic hydroxyl groups excluding tert-OH is 1. The lowest BCUT2D eigenvalue weighted by molar-refractivity contribution is -0.158. The van der Waals surface area contributed by atoms with E-state index in [1.165, 1.54) is 13.8 Å². The van der Waals surface area contributed by atoms with Gasteiger partial charge in [0.15, 0.2) is 12.5 Å². The van der Waals surface area contributed by atoms with Gasteiger partial charge in [-0.15, -0.1) is 0 Å². The number of nitrogens with one attached hydrogen (secondary N) is 3. The first-order valence-corrected chi connectivity index (χ1v) is 13.3. The molecule has 0 bridgehead atoms. The van der Waals surface area contributed by atoms with Gasteiger partial charge in [-0.3, -0.25) is 10.1 Å². The molecular weight excluding hydrogens is 562 g/mol. The topological polar surface area (TPSA) is 171 Å². The molecule has 4 atom stereocenters. The summed E-state index contributed by atoms with van der Waals surface area (Å²) in [5, 5.41) is 17.4. The normalized spacial score (nSPS) is 13.3. The Hall–Kier alpha value is -5.14. The fourth-order valence-electron chi connectivity index (χ4n) is 3.51. The molecule has 0 aromatic heterocycles. The number of carbonyl (C=O) groups excluding carboxylic acids is 4. The number of hydrogen-bond donors (Lipinski definition) is 4. The van der Waals surface area contributed by atoms with Crippen LogP contribution in [0, 0.1) is 0 Å². The first-order valence-electron chi connectivity index (χ1n) is 13.3. The van der Waals surface area contributed by atoms with Crippen LogP contribution in [0.4, 0.5) is 9.59 Å². The van der Waals surface area contributed by atoms with Crippen LogP contribution in [-0.2, 0) is 19.1 Å². The van der Waals surface area contributed by atoms with Crippen molar-refractivity contribution in [3.8, 4) is 17.2 Å². The second-order valence-corrected chi connectivity index (χ2v) is 8.95. The van der Waals surface area contributed by atoms with Gasteiger partial charge in [-0.05, 0) is 56.7 Å². The zero-order valence-corrected chi connectivity index (χ0v) is 23.5. The quantitative estimate of drug-likeness (QED) is 0.159. The first kappa shape index (κ1) is 32.4. The van der Waals surface area contributed by atoms with Gasteiger partial charge in [0.1, 0.15) is 23.3 Å². The van der Waals surface area contributed by atoms with Crippen LogP contribution in [0.3, 0.4) is 0 Å². The zero-order chi connectivity index (χ0) is 31.0. The van der Waals surface area contributed by atoms with E-state index >= 15 is 0 Å². The molecule has 13 nitrogen and oxygen atoms in total. The van der Waals surface area contributed by atoms with Crippen LogP contribution in [0.25, 0.3) is 0 Å². The van der Waals surface area contributed by atoms with Crippen molar-refractivity contribution in [3.63, 3.8) is 0 Å². The maximum Gasteiger partial charge on any atom is 0.415 e. The highest BCUT2D eigenvalue weighted by Gasteiger charge is 2.27. The van der Waals surface area contributed by atoms with Crippen molar-refractivity contribution in [2.24, 2.45) is 0 Å². The third-order valence-electron chi connectivity index (χ3n) is 5.41. The molecule has 3 aromatic rings. The summed E-state index contributed by atoms with van der Waals surface area (Å²) in [7, 11) is 0. The number of amides is 2. The molecule has 0 spiro atoms. The molecule has 0 fully saturated rings. The predicted octanol–water partition coefficient (Wildman–Crippen LogP) is 3.44. The van der Waals surface area contributed by atoms with E-state index in [2.05, 4.69) is 16.0 Å². The van der Waals surface area contributed by atoms with Crippen LogP contribution in [0.2, 0.25) is 0 Å². The summed E-state index contributed by atoms with van der Waals surface area (Å²) in [6.45, 7) is 2.85. The van der Waals surface area contributed by atoms with Crippen molar-refractivity contribution in [2.45, 2.75) is 51.6 Å². The van der Waals surface area contributed by atoms with Crippen molar-refractivity contribution in [2.75, 3.05) is 0 Å². The lowest BCUT2D eigenvalue weighted by Gasteiger charge is -2.23. The lowest BCUT2D eigenvalue weighted by Crippen LogP contribution is -2.48. The van der Waals surface area contributed by atoms with Gasteiger partial charge in [0, 0.05) is 6.42 Å². The molecule has 3 rings (SSSR count). The van der Waals surface area contributed by atoms with Crippen molar-refractivity contribution < 1.29 is 48.0 Å². The lowest BCUT2D eigenvalue weighted by atomic mass is 10.1. The Kier molecular flexibility index (Phi) is 12.8. The molecule has 3 aromatic carbocycles. The van der Waals surface area contributed by atoms with Gasteiger partial charge in [0.2, 0.25) is 0 Å². The number of para-hydroxylation sites is 3. The van der Waals surface area contributed by atoms with E-state index in [0.717, 1.165) is 0 Å². The number of esters is 2. The Morgan fingerprint density at radius 3 is 1.70 bits per heavy atom. The van der Waals surface area contributed by atoms with E-state index in [0.29, 0.717) is 11.5 Å². The van der Waals surface area contributed by atoms with Gasteiger partial charge in [0.05, 0.1) is 0 Å². The Labute approximate surface area is 248 Å². The van der Waals surface area contributed by atoms with E-state index in [1.54, 1.807) is 91.0 Å². The van der Waals surface area contributed by atoms with Gasteiger partial charge in [-0.2, -0.15) is 0 Å². The van der Waals surface area contributed by atoms with E-state index in [4.69, 9.17) is 23.7 Å². The summed E-state index contributed by atoms with van der Waals surface area (Å²) < 4.78 is 26.1. The second kappa shape index (κ2) is 17.0. The molecule has 4 unspecified atom stereocenters. The summed E-state index contributed by atoms with van der Waals surface area (Å²) >= 11 is 0. The SMILES string of the molecule is CC(NC(=O)Oc1ccccc1)OC(=O)CCC(NC(=O)Oc1ccccc1)C(=O)OC(C)NC(O)Oc1ccccc1. The molecule has 0 aliphatic heterocycles. The fourth-order valence-corrected chi connectivity index (χ4v) is 3.51. The maximum atomic E-state index is 13.0. The van der Waals surface area contributed by atoms with Gasteiger partial charge < -0.3 is 34.1 Å². The molecule has 0 aliphatic carbocycles. The highest BCUT2D eigenvalue weighted by Crippen LogP contribution is 2.12. The maximum absolute atomic E-state index is 13.0. The van der Waals surface area contributed by atoms with Crippen molar-refractivity contribution in [1.29, 1.82) is 0 Å². The van der Waals surface area contributed by atoms with Crippen molar-refractivity contribution in [3.05, 3.63) is 91.0 Å². The Balaban J connectivity index is 1.53. The molecule has 13 heteroatoms. The van der Waals surface area contributed by atoms with E-state index in [-0.39, 0.29) is 18.6 Å². The number of rotatable bonds is 14. The van der Waals surface area contributed by atoms with Crippen LogP contribution in [0.15, 0.2) is 91.0 Å². The van der Waals surface area contributed by atoms with Crippen molar-refractivity contribution in [1.82, 2.24) is 16.0 Å².